The average molecular weight is 368 g/mol. The predicted molar refractivity (Wildman–Crippen MR) is 94.9 cm³/mol. The lowest BCUT2D eigenvalue weighted by Crippen LogP contribution is -2.38. The first-order valence-electron chi connectivity index (χ1n) is 8.04. The molecule has 1 aliphatic heterocycles. The van der Waals surface area contributed by atoms with E-state index in [0.29, 0.717) is 28.5 Å². The van der Waals surface area contributed by atoms with Crippen molar-refractivity contribution in [3.05, 3.63) is 28.8 Å². The second-order valence-corrected chi connectivity index (χ2v) is 6.35. The Morgan fingerprint density at radius 1 is 1.44 bits per heavy atom. The summed E-state index contributed by atoms with van der Waals surface area (Å²) in [7, 11) is 1.56. The van der Waals surface area contributed by atoms with E-state index in [1.54, 1.807) is 25.3 Å². The molecule has 136 valence electrons. The Bertz CT molecular complexity index is 676. The van der Waals surface area contributed by atoms with Crippen LogP contribution in [0.15, 0.2) is 23.4 Å². The van der Waals surface area contributed by atoms with Gasteiger partial charge in [-0.3, -0.25) is 9.59 Å². The van der Waals surface area contributed by atoms with Gasteiger partial charge in [0.2, 0.25) is 12.0 Å². The second kappa shape index (κ2) is 8.71. The first-order valence-corrected chi connectivity index (χ1v) is 8.42. The fourth-order valence-corrected chi connectivity index (χ4v) is 2.56. The molecule has 1 aromatic rings. The smallest absolute Gasteiger partial charge is 0.264 e. The molecule has 1 aromatic carbocycles. The number of hydrogen-bond donors (Lipinski definition) is 2. The van der Waals surface area contributed by atoms with Crippen molar-refractivity contribution in [1.29, 1.82) is 0 Å². The summed E-state index contributed by atoms with van der Waals surface area (Å²) in [5.41, 5.74) is 1.26. The van der Waals surface area contributed by atoms with Gasteiger partial charge in [0.1, 0.15) is 5.75 Å². The van der Waals surface area contributed by atoms with Gasteiger partial charge >= 0.3 is 0 Å². The van der Waals surface area contributed by atoms with Crippen LogP contribution in [0.2, 0.25) is 5.02 Å². The number of carbonyl (C=O) groups excluding carboxylic acids is 2. The Kier molecular flexibility index (Phi) is 6.64. The third kappa shape index (κ3) is 5.35. The van der Waals surface area contributed by atoms with Gasteiger partial charge in [0.25, 0.3) is 5.91 Å². The van der Waals surface area contributed by atoms with E-state index in [1.165, 1.54) is 0 Å². The Morgan fingerprint density at radius 3 is 2.88 bits per heavy atom. The second-order valence-electron chi connectivity index (χ2n) is 5.95. The number of benzene rings is 1. The van der Waals surface area contributed by atoms with Crippen molar-refractivity contribution in [3.8, 4) is 5.75 Å². The van der Waals surface area contributed by atoms with Crippen LogP contribution in [0, 0.1) is 0 Å². The van der Waals surface area contributed by atoms with Crippen LogP contribution in [0.25, 0.3) is 0 Å². The molecule has 2 amide bonds. The molecule has 7 nitrogen and oxygen atoms in total. The molecule has 2 rings (SSSR count). The summed E-state index contributed by atoms with van der Waals surface area (Å²) in [6.45, 7) is 4.00. The van der Waals surface area contributed by atoms with Gasteiger partial charge in [-0.25, -0.2) is 0 Å². The molecule has 0 unspecified atom stereocenters. The lowest BCUT2D eigenvalue weighted by molar-refractivity contribution is -0.131. The number of amides is 2. The molecular weight excluding hydrogens is 346 g/mol. The van der Waals surface area contributed by atoms with Crippen molar-refractivity contribution < 1.29 is 19.2 Å². The highest BCUT2D eigenvalue weighted by Crippen LogP contribution is 2.26. The Morgan fingerprint density at radius 2 is 2.20 bits per heavy atom. The summed E-state index contributed by atoms with van der Waals surface area (Å²) in [6, 6.07) is 5.28. The van der Waals surface area contributed by atoms with Gasteiger partial charge in [-0.1, -0.05) is 16.8 Å². The molecule has 0 aliphatic carbocycles. The lowest BCUT2D eigenvalue weighted by Gasteiger charge is -2.11. The molecule has 1 aliphatic rings. The third-order valence-electron chi connectivity index (χ3n) is 3.55. The summed E-state index contributed by atoms with van der Waals surface area (Å²) in [5, 5.41) is 9.92. The molecule has 1 atom stereocenters. The van der Waals surface area contributed by atoms with Crippen molar-refractivity contribution in [3.63, 3.8) is 0 Å². The van der Waals surface area contributed by atoms with E-state index in [0.717, 1.165) is 0 Å². The maximum absolute atomic E-state index is 12.1. The van der Waals surface area contributed by atoms with E-state index in [-0.39, 0.29) is 30.8 Å². The number of oxime groups is 1. The quantitative estimate of drug-likeness (QED) is 0.770. The Balaban J connectivity index is 1.85. The summed E-state index contributed by atoms with van der Waals surface area (Å²) in [4.78, 5) is 28.9. The monoisotopic (exact) mass is 367 g/mol. The van der Waals surface area contributed by atoms with E-state index in [1.807, 2.05) is 13.8 Å². The molecule has 25 heavy (non-hydrogen) atoms. The fraction of sp³-hybridized carbons (Fsp3) is 0.471. The van der Waals surface area contributed by atoms with Crippen molar-refractivity contribution in [2.75, 3.05) is 13.7 Å². The Labute approximate surface area is 151 Å². The van der Waals surface area contributed by atoms with Crippen LogP contribution in [0.4, 0.5) is 0 Å². The van der Waals surface area contributed by atoms with E-state index in [4.69, 9.17) is 21.2 Å². The largest absolute Gasteiger partial charge is 0.497 e. The molecule has 1 heterocycles. The van der Waals surface area contributed by atoms with E-state index < -0.39 is 6.10 Å². The fourth-order valence-electron chi connectivity index (χ4n) is 2.34. The third-order valence-corrected chi connectivity index (χ3v) is 3.88. The minimum absolute atomic E-state index is 0.0740. The van der Waals surface area contributed by atoms with Crippen molar-refractivity contribution >= 4 is 29.1 Å². The van der Waals surface area contributed by atoms with Crippen molar-refractivity contribution in [2.45, 2.75) is 38.8 Å². The number of rotatable bonds is 7. The molecular formula is C17H22ClN3O4. The van der Waals surface area contributed by atoms with Crippen LogP contribution in [0.5, 0.6) is 5.75 Å². The highest BCUT2D eigenvalue weighted by atomic mass is 35.5. The number of ether oxygens (including phenoxy) is 1. The van der Waals surface area contributed by atoms with Gasteiger partial charge in [0.05, 0.1) is 17.8 Å². The van der Waals surface area contributed by atoms with E-state index in [2.05, 4.69) is 15.8 Å². The van der Waals surface area contributed by atoms with Crippen LogP contribution in [0.1, 0.15) is 32.3 Å². The summed E-state index contributed by atoms with van der Waals surface area (Å²) >= 11 is 6.18. The van der Waals surface area contributed by atoms with Crippen molar-refractivity contribution in [2.24, 2.45) is 5.16 Å². The maximum atomic E-state index is 12.1. The number of nitrogens with zero attached hydrogens (tertiary/aromatic N) is 1. The topological polar surface area (TPSA) is 89.0 Å². The highest BCUT2D eigenvalue weighted by Gasteiger charge is 2.29. The normalized spacial score (nSPS) is 16.2. The number of carbonyl (C=O) groups is 2. The first kappa shape index (κ1) is 19.1. The minimum Gasteiger partial charge on any atom is -0.497 e. The maximum Gasteiger partial charge on any atom is 0.264 e. The minimum atomic E-state index is -0.731. The number of halogens is 1. The molecule has 0 saturated carbocycles. The zero-order valence-corrected chi connectivity index (χ0v) is 15.2. The molecule has 0 spiro atoms. The molecule has 8 heteroatoms. The van der Waals surface area contributed by atoms with Crippen LogP contribution < -0.4 is 15.4 Å². The average Bonchev–Trinajstić information content (AvgIpc) is 3.04. The van der Waals surface area contributed by atoms with Gasteiger partial charge in [-0.2, -0.15) is 0 Å². The van der Waals surface area contributed by atoms with E-state index >= 15 is 0 Å². The molecule has 0 bridgehead atoms. The number of methoxy groups -OCH3 is 1. The van der Waals surface area contributed by atoms with Gasteiger partial charge in [0.15, 0.2) is 0 Å². The van der Waals surface area contributed by atoms with Crippen molar-refractivity contribution in [1.82, 2.24) is 10.6 Å². The standard InChI is InChI=1S/C17H22ClN3O4/c1-10(2)20-16(22)6-7-19-17(23)15-9-14(21-25-15)12-8-11(24-3)4-5-13(12)18/h4-5,8,10,15H,6-7,9H2,1-3H3,(H,19,23)(H,20,22)/t15-/m0/s1. The zero-order valence-electron chi connectivity index (χ0n) is 14.5. The molecule has 2 N–H and O–H groups in total. The summed E-state index contributed by atoms with van der Waals surface area (Å²) in [6.07, 6.45) is -0.214. The van der Waals surface area contributed by atoms with Gasteiger partial charge < -0.3 is 20.2 Å². The highest BCUT2D eigenvalue weighted by molar-refractivity contribution is 6.34. The van der Waals surface area contributed by atoms with Gasteiger partial charge in [0, 0.05) is 31.0 Å². The van der Waals surface area contributed by atoms with Crippen LogP contribution in [0.3, 0.4) is 0 Å². The van der Waals surface area contributed by atoms with E-state index in [9.17, 15) is 9.59 Å². The van der Waals surface area contributed by atoms with Crippen LogP contribution in [-0.4, -0.2) is 43.3 Å². The van der Waals surface area contributed by atoms with Crippen LogP contribution >= 0.6 is 11.6 Å². The predicted octanol–water partition coefficient (Wildman–Crippen LogP) is 1.87. The number of nitrogens with one attached hydrogen (secondary N) is 2. The first-order chi connectivity index (χ1) is 11.9. The summed E-state index contributed by atoms with van der Waals surface area (Å²) < 4.78 is 5.17. The van der Waals surface area contributed by atoms with Gasteiger partial charge in [-0.05, 0) is 32.0 Å². The van der Waals surface area contributed by atoms with Crippen LogP contribution in [-0.2, 0) is 14.4 Å². The molecule has 0 fully saturated rings. The lowest BCUT2D eigenvalue weighted by atomic mass is 10.0. The number of hydrogen-bond acceptors (Lipinski definition) is 5. The van der Waals surface area contributed by atoms with Gasteiger partial charge in [-0.15, -0.1) is 0 Å². The molecule has 0 saturated heterocycles. The molecule has 0 aromatic heterocycles. The summed E-state index contributed by atoms with van der Waals surface area (Å²) in [5.74, 6) is 0.226. The molecule has 0 radical (unpaired) electrons. The zero-order chi connectivity index (χ0) is 18.4. The Hall–Kier alpha value is -2.28. The SMILES string of the molecule is COc1ccc(Cl)c(C2=NO[C@H](C(=O)NCCC(=O)NC(C)C)C2)c1.